The minimum atomic E-state index is 0.315. The SMILES string of the molecule is COc1ccc2nc(CCCl)n(C(C)CCN(C)C)c2n1. The summed E-state index contributed by atoms with van der Waals surface area (Å²) in [5.74, 6) is 2.16. The summed E-state index contributed by atoms with van der Waals surface area (Å²) in [5, 5.41) is 0. The first-order valence-electron chi connectivity index (χ1n) is 7.19. The smallest absolute Gasteiger partial charge is 0.215 e. The van der Waals surface area contributed by atoms with E-state index in [1.165, 1.54) is 0 Å². The summed E-state index contributed by atoms with van der Waals surface area (Å²) in [4.78, 5) is 11.4. The Bertz CT molecular complexity index is 597. The fraction of sp³-hybridized carbons (Fsp3) is 0.600. The number of nitrogens with zero attached hydrogens (tertiary/aromatic N) is 4. The molecule has 0 N–H and O–H groups in total. The number of methoxy groups -OCH3 is 1. The average molecular weight is 311 g/mol. The van der Waals surface area contributed by atoms with Crippen molar-refractivity contribution in [2.45, 2.75) is 25.8 Å². The summed E-state index contributed by atoms with van der Waals surface area (Å²) in [6.07, 6.45) is 1.78. The van der Waals surface area contributed by atoms with Crippen molar-refractivity contribution in [2.24, 2.45) is 0 Å². The lowest BCUT2D eigenvalue weighted by Gasteiger charge is -2.19. The van der Waals surface area contributed by atoms with E-state index in [2.05, 4.69) is 40.5 Å². The van der Waals surface area contributed by atoms with Crippen molar-refractivity contribution in [3.63, 3.8) is 0 Å². The second-order valence-electron chi connectivity index (χ2n) is 5.47. The number of fused-ring (bicyclic) bond motifs is 1. The molecule has 6 heteroatoms. The Balaban J connectivity index is 2.43. The summed E-state index contributed by atoms with van der Waals surface area (Å²) < 4.78 is 7.44. The van der Waals surface area contributed by atoms with E-state index in [4.69, 9.17) is 16.3 Å². The standard InChI is InChI=1S/C15H23ClN4O/c1-11(8-10-19(2)3)20-13(7-9-16)17-12-5-6-14(21-4)18-15(12)20/h5-6,11H,7-10H2,1-4H3. The van der Waals surface area contributed by atoms with Crippen LogP contribution < -0.4 is 4.74 Å². The van der Waals surface area contributed by atoms with Crippen molar-refractivity contribution in [2.75, 3.05) is 33.6 Å². The van der Waals surface area contributed by atoms with Crippen LogP contribution in [0.25, 0.3) is 11.2 Å². The van der Waals surface area contributed by atoms with Gasteiger partial charge in [-0.3, -0.25) is 0 Å². The highest BCUT2D eigenvalue weighted by molar-refractivity contribution is 6.17. The van der Waals surface area contributed by atoms with Gasteiger partial charge in [0.1, 0.15) is 11.3 Å². The van der Waals surface area contributed by atoms with Crippen molar-refractivity contribution >= 4 is 22.8 Å². The van der Waals surface area contributed by atoms with Gasteiger partial charge in [0, 0.05) is 24.4 Å². The van der Waals surface area contributed by atoms with E-state index in [0.717, 1.165) is 36.4 Å². The lowest BCUT2D eigenvalue weighted by molar-refractivity contribution is 0.356. The highest BCUT2D eigenvalue weighted by Gasteiger charge is 2.17. The molecule has 116 valence electrons. The molecular formula is C15H23ClN4O. The van der Waals surface area contributed by atoms with Gasteiger partial charge in [0.15, 0.2) is 5.65 Å². The van der Waals surface area contributed by atoms with Crippen LogP contribution in [0.2, 0.25) is 0 Å². The molecule has 2 heterocycles. The molecule has 0 aliphatic rings. The maximum absolute atomic E-state index is 5.92. The van der Waals surface area contributed by atoms with E-state index >= 15 is 0 Å². The largest absolute Gasteiger partial charge is 0.481 e. The second-order valence-corrected chi connectivity index (χ2v) is 5.85. The fourth-order valence-corrected chi connectivity index (χ4v) is 2.58. The van der Waals surface area contributed by atoms with Gasteiger partial charge in [0.05, 0.1) is 7.11 Å². The first-order valence-corrected chi connectivity index (χ1v) is 7.72. The van der Waals surface area contributed by atoms with Gasteiger partial charge in [-0.2, -0.15) is 4.98 Å². The molecule has 2 aromatic heterocycles. The van der Waals surface area contributed by atoms with Crippen LogP contribution in [0.3, 0.4) is 0 Å². The van der Waals surface area contributed by atoms with Crippen molar-refractivity contribution in [3.05, 3.63) is 18.0 Å². The maximum atomic E-state index is 5.92. The predicted octanol–water partition coefficient (Wildman–Crippen LogP) is 2.73. The van der Waals surface area contributed by atoms with E-state index in [0.29, 0.717) is 17.8 Å². The minimum absolute atomic E-state index is 0.315. The maximum Gasteiger partial charge on any atom is 0.215 e. The van der Waals surface area contributed by atoms with Gasteiger partial charge in [0.25, 0.3) is 0 Å². The summed E-state index contributed by atoms with van der Waals surface area (Å²) in [6.45, 7) is 3.22. The van der Waals surface area contributed by atoms with Gasteiger partial charge < -0.3 is 14.2 Å². The van der Waals surface area contributed by atoms with Crippen LogP contribution in [0, 0.1) is 0 Å². The molecular weight excluding hydrogens is 288 g/mol. The van der Waals surface area contributed by atoms with Crippen LogP contribution in [0.1, 0.15) is 25.2 Å². The van der Waals surface area contributed by atoms with Crippen molar-refractivity contribution in [1.82, 2.24) is 19.4 Å². The number of ether oxygens (including phenoxy) is 1. The molecule has 0 aliphatic carbocycles. The zero-order valence-electron chi connectivity index (χ0n) is 13.1. The van der Waals surface area contributed by atoms with Gasteiger partial charge in [0.2, 0.25) is 5.88 Å². The molecule has 1 atom stereocenters. The Morgan fingerprint density at radius 1 is 1.33 bits per heavy atom. The van der Waals surface area contributed by atoms with E-state index in [9.17, 15) is 0 Å². The molecule has 0 spiro atoms. The first kappa shape index (κ1) is 16.0. The van der Waals surface area contributed by atoms with E-state index in [1.807, 2.05) is 12.1 Å². The lowest BCUT2D eigenvalue weighted by Crippen LogP contribution is -2.19. The molecule has 0 bridgehead atoms. The van der Waals surface area contributed by atoms with Crippen molar-refractivity contribution in [3.8, 4) is 5.88 Å². The lowest BCUT2D eigenvalue weighted by atomic mass is 10.2. The summed E-state index contributed by atoms with van der Waals surface area (Å²) in [5.41, 5.74) is 1.77. The Morgan fingerprint density at radius 3 is 2.71 bits per heavy atom. The van der Waals surface area contributed by atoms with Gasteiger partial charge in [-0.25, -0.2) is 4.98 Å². The number of pyridine rings is 1. The normalized spacial score (nSPS) is 13.0. The summed E-state index contributed by atoms with van der Waals surface area (Å²) in [7, 11) is 5.80. The van der Waals surface area contributed by atoms with Gasteiger partial charge in [-0.05, 0) is 40.1 Å². The van der Waals surface area contributed by atoms with Crippen LogP contribution in [0.4, 0.5) is 0 Å². The number of imidazole rings is 1. The van der Waals surface area contributed by atoms with Gasteiger partial charge in [-0.1, -0.05) is 0 Å². The van der Waals surface area contributed by atoms with Crippen molar-refractivity contribution < 1.29 is 4.74 Å². The number of rotatable bonds is 7. The van der Waals surface area contributed by atoms with Crippen LogP contribution in [-0.2, 0) is 6.42 Å². The third kappa shape index (κ3) is 3.66. The molecule has 2 rings (SSSR count). The molecule has 21 heavy (non-hydrogen) atoms. The predicted molar refractivity (Wildman–Crippen MR) is 86.4 cm³/mol. The highest BCUT2D eigenvalue weighted by Crippen LogP contribution is 2.24. The van der Waals surface area contributed by atoms with Crippen molar-refractivity contribution in [1.29, 1.82) is 0 Å². The number of aromatic nitrogens is 3. The Kier molecular flexibility index (Phi) is 5.42. The molecule has 0 saturated carbocycles. The number of aryl methyl sites for hydroxylation is 1. The zero-order chi connectivity index (χ0) is 15.4. The molecule has 0 aromatic carbocycles. The molecule has 2 aromatic rings. The van der Waals surface area contributed by atoms with Crippen LogP contribution in [0.5, 0.6) is 5.88 Å². The zero-order valence-corrected chi connectivity index (χ0v) is 13.9. The highest BCUT2D eigenvalue weighted by atomic mass is 35.5. The monoisotopic (exact) mass is 310 g/mol. The van der Waals surface area contributed by atoms with Gasteiger partial charge >= 0.3 is 0 Å². The molecule has 0 aliphatic heterocycles. The van der Waals surface area contributed by atoms with Crippen LogP contribution >= 0.6 is 11.6 Å². The Labute approximate surface area is 130 Å². The quantitative estimate of drug-likeness (QED) is 0.738. The van der Waals surface area contributed by atoms with E-state index in [-0.39, 0.29) is 0 Å². The molecule has 5 nitrogen and oxygen atoms in total. The van der Waals surface area contributed by atoms with E-state index in [1.54, 1.807) is 7.11 Å². The first-order chi connectivity index (χ1) is 10.1. The second kappa shape index (κ2) is 7.09. The number of hydrogen-bond donors (Lipinski definition) is 0. The number of halogens is 1. The van der Waals surface area contributed by atoms with Crippen LogP contribution in [-0.4, -0.2) is 53.1 Å². The minimum Gasteiger partial charge on any atom is -0.481 e. The number of hydrogen-bond acceptors (Lipinski definition) is 4. The molecule has 1 unspecified atom stereocenters. The number of alkyl halides is 1. The summed E-state index contributed by atoms with van der Waals surface area (Å²) >= 11 is 5.92. The molecule has 0 radical (unpaired) electrons. The molecule has 0 fully saturated rings. The third-order valence-corrected chi connectivity index (χ3v) is 3.74. The van der Waals surface area contributed by atoms with Crippen LogP contribution in [0.15, 0.2) is 12.1 Å². The topological polar surface area (TPSA) is 43.2 Å². The Hall–Kier alpha value is -1.33. The molecule has 0 amide bonds. The Morgan fingerprint density at radius 2 is 2.10 bits per heavy atom. The third-order valence-electron chi connectivity index (χ3n) is 3.55. The van der Waals surface area contributed by atoms with E-state index < -0.39 is 0 Å². The fourth-order valence-electron chi connectivity index (χ4n) is 2.42. The summed E-state index contributed by atoms with van der Waals surface area (Å²) in [6, 6.07) is 4.11. The average Bonchev–Trinajstić information content (AvgIpc) is 2.82. The van der Waals surface area contributed by atoms with Gasteiger partial charge in [-0.15, -0.1) is 11.6 Å². The molecule has 0 saturated heterocycles.